The van der Waals surface area contributed by atoms with Gasteiger partial charge in [-0.3, -0.25) is 4.68 Å². The van der Waals surface area contributed by atoms with Gasteiger partial charge in [-0.05, 0) is 38.2 Å². The van der Waals surface area contributed by atoms with Crippen LogP contribution in [0.15, 0.2) is 12.3 Å². The van der Waals surface area contributed by atoms with Crippen molar-refractivity contribution in [3.05, 3.63) is 18.0 Å². The molecule has 1 aliphatic rings. The molecule has 3 nitrogen and oxygen atoms in total. The maximum absolute atomic E-state index is 9.60. The Kier molecular flexibility index (Phi) is 4.29. The van der Waals surface area contributed by atoms with Crippen LogP contribution in [-0.2, 0) is 6.42 Å². The molecule has 0 saturated heterocycles. The molecule has 2 rings (SSSR count). The molecule has 1 aromatic heterocycles. The Balaban J connectivity index is 2.10. The van der Waals surface area contributed by atoms with Crippen LogP contribution in [0, 0.1) is 22.7 Å². The van der Waals surface area contributed by atoms with Crippen LogP contribution in [0.4, 0.5) is 0 Å². The summed E-state index contributed by atoms with van der Waals surface area (Å²) in [4.78, 5) is 0. The molecule has 0 amide bonds. The molecule has 3 unspecified atom stereocenters. The maximum atomic E-state index is 9.60. The van der Waals surface area contributed by atoms with E-state index in [2.05, 4.69) is 44.2 Å². The number of hydrogen-bond donors (Lipinski definition) is 0. The topological polar surface area (TPSA) is 41.6 Å². The van der Waals surface area contributed by atoms with Crippen LogP contribution in [0.3, 0.4) is 0 Å². The molecule has 0 spiro atoms. The van der Waals surface area contributed by atoms with Crippen LogP contribution in [0.25, 0.3) is 0 Å². The highest BCUT2D eigenvalue weighted by Crippen LogP contribution is 2.41. The van der Waals surface area contributed by atoms with E-state index in [-0.39, 0.29) is 5.41 Å². The minimum Gasteiger partial charge on any atom is -0.270 e. The average Bonchev–Trinajstić information content (AvgIpc) is 2.86. The van der Waals surface area contributed by atoms with Crippen molar-refractivity contribution in [2.75, 3.05) is 0 Å². The summed E-state index contributed by atoms with van der Waals surface area (Å²) in [5, 5.41) is 14.3. The van der Waals surface area contributed by atoms with Crippen LogP contribution in [0.2, 0.25) is 0 Å². The lowest BCUT2D eigenvalue weighted by molar-refractivity contribution is 0.207. The minimum atomic E-state index is -0.174. The zero-order valence-electron chi connectivity index (χ0n) is 12.4. The highest BCUT2D eigenvalue weighted by Gasteiger charge is 2.35. The summed E-state index contributed by atoms with van der Waals surface area (Å²) in [5.74, 6) is 0.671. The lowest BCUT2D eigenvalue weighted by Gasteiger charge is -2.33. The van der Waals surface area contributed by atoms with Crippen LogP contribution in [-0.4, -0.2) is 9.78 Å². The van der Waals surface area contributed by atoms with Crippen molar-refractivity contribution in [1.82, 2.24) is 9.78 Å². The monoisotopic (exact) mass is 259 g/mol. The molecule has 3 atom stereocenters. The minimum absolute atomic E-state index is 0.174. The molecule has 3 heteroatoms. The summed E-state index contributed by atoms with van der Waals surface area (Å²) in [6.07, 6.45) is 8.47. The highest BCUT2D eigenvalue weighted by atomic mass is 15.3. The predicted molar refractivity (Wildman–Crippen MR) is 76.6 cm³/mol. The second-order valence-corrected chi connectivity index (χ2v) is 6.31. The third kappa shape index (κ3) is 3.18. The van der Waals surface area contributed by atoms with Crippen molar-refractivity contribution in [1.29, 1.82) is 5.26 Å². The molecule has 19 heavy (non-hydrogen) atoms. The third-order valence-corrected chi connectivity index (χ3v) is 4.55. The van der Waals surface area contributed by atoms with Gasteiger partial charge in [-0.15, -0.1) is 0 Å². The summed E-state index contributed by atoms with van der Waals surface area (Å²) in [6.45, 7) is 6.62. The Morgan fingerprint density at radius 1 is 1.63 bits per heavy atom. The predicted octanol–water partition coefficient (Wildman–Crippen LogP) is 4.12. The standard InChI is InChI=1S/C16H25N3/c1-4-14(3)19-9-7-15(18-19)11-16(12-17)8-5-6-13(2)10-16/h7,9,13-14H,4-6,8,10-11H2,1-3H3. The van der Waals surface area contributed by atoms with E-state index in [1.807, 2.05) is 4.68 Å². The summed E-state index contributed by atoms with van der Waals surface area (Å²) >= 11 is 0. The van der Waals surface area contributed by atoms with Gasteiger partial charge in [0.05, 0.1) is 17.2 Å². The molecule has 1 aromatic rings. The highest BCUT2D eigenvalue weighted by molar-refractivity contribution is 5.11. The zero-order valence-corrected chi connectivity index (χ0v) is 12.4. The molecule has 0 aromatic carbocycles. The summed E-state index contributed by atoms with van der Waals surface area (Å²) < 4.78 is 2.03. The van der Waals surface area contributed by atoms with Gasteiger partial charge in [-0.25, -0.2) is 0 Å². The summed E-state index contributed by atoms with van der Waals surface area (Å²) in [6, 6.07) is 5.13. The van der Waals surface area contributed by atoms with Crippen LogP contribution in [0.5, 0.6) is 0 Å². The number of hydrogen-bond acceptors (Lipinski definition) is 2. The number of rotatable bonds is 4. The summed E-state index contributed by atoms with van der Waals surface area (Å²) in [5.41, 5.74) is 0.905. The van der Waals surface area contributed by atoms with E-state index in [4.69, 9.17) is 0 Å². The van der Waals surface area contributed by atoms with Gasteiger partial charge in [0, 0.05) is 18.7 Å². The van der Waals surface area contributed by atoms with Crippen LogP contribution in [0.1, 0.15) is 64.6 Å². The van der Waals surface area contributed by atoms with Crippen molar-refractivity contribution in [3.8, 4) is 6.07 Å². The number of aromatic nitrogens is 2. The van der Waals surface area contributed by atoms with Crippen molar-refractivity contribution in [3.63, 3.8) is 0 Å². The van der Waals surface area contributed by atoms with Crippen molar-refractivity contribution < 1.29 is 0 Å². The lowest BCUT2D eigenvalue weighted by atomic mass is 9.69. The number of nitriles is 1. The Labute approximate surface area is 116 Å². The van der Waals surface area contributed by atoms with Crippen molar-refractivity contribution >= 4 is 0 Å². The van der Waals surface area contributed by atoms with Crippen molar-refractivity contribution in [2.45, 2.75) is 65.3 Å². The van der Waals surface area contributed by atoms with Gasteiger partial charge in [-0.2, -0.15) is 10.4 Å². The maximum Gasteiger partial charge on any atom is 0.0693 e. The van der Waals surface area contributed by atoms with Gasteiger partial charge < -0.3 is 0 Å². The fourth-order valence-electron chi connectivity index (χ4n) is 3.21. The summed E-state index contributed by atoms with van der Waals surface area (Å²) in [7, 11) is 0. The number of nitrogens with zero attached hydrogens (tertiary/aromatic N) is 3. The normalized spacial score (nSPS) is 28.8. The van der Waals surface area contributed by atoms with E-state index in [0.29, 0.717) is 12.0 Å². The first kappa shape index (κ1) is 14.1. The first-order valence-electron chi connectivity index (χ1n) is 7.54. The Morgan fingerprint density at radius 3 is 3.05 bits per heavy atom. The van der Waals surface area contributed by atoms with E-state index < -0.39 is 0 Å². The average molecular weight is 259 g/mol. The molecule has 0 bridgehead atoms. The second kappa shape index (κ2) is 5.77. The largest absolute Gasteiger partial charge is 0.270 e. The Bertz CT molecular complexity index is 457. The Hall–Kier alpha value is -1.30. The first-order chi connectivity index (χ1) is 9.08. The van der Waals surface area contributed by atoms with E-state index in [9.17, 15) is 5.26 Å². The molecule has 0 aliphatic heterocycles. The van der Waals surface area contributed by atoms with Gasteiger partial charge in [-0.1, -0.05) is 26.7 Å². The second-order valence-electron chi connectivity index (χ2n) is 6.31. The van der Waals surface area contributed by atoms with E-state index in [1.54, 1.807) is 0 Å². The van der Waals surface area contributed by atoms with Gasteiger partial charge in [0.25, 0.3) is 0 Å². The molecular formula is C16H25N3. The fourth-order valence-corrected chi connectivity index (χ4v) is 3.21. The van der Waals surface area contributed by atoms with E-state index in [1.165, 1.54) is 12.8 Å². The zero-order chi connectivity index (χ0) is 13.9. The van der Waals surface area contributed by atoms with Crippen LogP contribution >= 0.6 is 0 Å². The molecule has 1 heterocycles. The fraction of sp³-hybridized carbons (Fsp3) is 0.750. The molecule has 1 fully saturated rings. The Morgan fingerprint density at radius 2 is 2.42 bits per heavy atom. The first-order valence-corrected chi connectivity index (χ1v) is 7.54. The SMILES string of the molecule is CCC(C)n1ccc(CC2(C#N)CCCC(C)C2)n1. The van der Waals surface area contributed by atoms with Gasteiger partial charge in [0.1, 0.15) is 0 Å². The molecule has 0 N–H and O–H groups in total. The smallest absolute Gasteiger partial charge is 0.0693 e. The molecule has 104 valence electrons. The third-order valence-electron chi connectivity index (χ3n) is 4.55. The molecular weight excluding hydrogens is 234 g/mol. The van der Waals surface area contributed by atoms with E-state index >= 15 is 0 Å². The van der Waals surface area contributed by atoms with Crippen molar-refractivity contribution in [2.24, 2.45) is 11.3 Å². The van der Waals surface area contributed by atoms with Gasteiger partial charge >= 0.3 is 0 Å². The van der Waals surface area contributed by atoms with Gasteiger partial charge in [0.2, 0.25) is 0 Å². The van der Waals surface area contributed by atoms with E-state index in [0.717, 1.165) is 31.4 Å². The van der Waals surface area contributed by atoms with Gasteiger partial charge in [0.15, 0.2) is 0 Å². The van der Waals surface area contributed by atoms with Crippen LogP contribution < -0.4 is 0 Å². The molecule has 0 radical (unpaired) electrons. The molecule has 1 aliphatic carbocycles. The lowest BCUT2D eigenvalue weighted by Crippen LogP contribution is -2.28. The quantitative estimate of drug-likeness (QED) is 0.816. The molecule has 1 saturated carbocycles.